The number of hydrogen-bond donors (Lipinski definition) is 3. The van der Waals surface area contributed by atoms with E-state index in [1.807, 2.05) is 6.07 Å². The van der Waals surface area contributed by atoms with E-state index in [4.69, 9.17) is 4.74 Å². The summed E-state index contributed by atoms with van der Waals surface area (Å²) >= 11 is 0. The summed E-state index contributed by atoms with van der Waals surface area (Å²) in [6.07, 6.45) is 0.725. The van der Waals surface area contributed by atoms with Crippen molar-refractivity contribution in [3.63, 3.8) is 0 Å². The molecule has 37 heavy (non-hydrogen) atoms. The average molecular weight is 521 g/mol. The van der Waals surface area contributed by atoms with Crippen molar-refractivity contribution in [3.8, 4) is 5.88 Å². The maximum absolute atomic E-state index is 12.9. The summed E-state index contributed by atoms with van der Waals surface area (Å²) in [5.74, 6) is -0.630. The van der Waals surface area contributed by atoms with Gasteiger partial charge in [0.2, 0.25) is 11.8 Å². The van der Waals surface area contributed by atoms with Gasteiger partial charge in [-0.2, -0.15) is 13.2 Å². The van der Waals surface area contributed by atoms with Crippen molar-refractivity contribution in [3.05, 3.63) is 59.3 Å². The van der Waals surface area contributed by atoms with Gasteiger partial charge in [-0.05, 0) is 56.4 Å². The van der Waals surface area contributed by atoms with Crippen LogP contribution in [0.1, 0.15) is 53.6 Å². The molecule has 1 aliphatic carbocycles. The molecule has 8 nitrogen and oxygen atoms in total. The smallest absolute Gasteiger partial charge is 0.416 e. The molecule has 2 fully saturated rings. The number of benzene rings is 1. The number of hydrogen-bond acceptors (Lipinski definition) is 6. The van der Waals surface area contributed by atoms with Crippen LogP contribution in [0.25, 0.3) is 0 Å². The summed E-state index contributed by atoms with van der Waals surface area (Å²) in [6.45, 7) is 1.16. The molecule has 1 aliphatic heterocycles. The number of ether oxygens (including phenoxy) is 1. The molecular weight excluding hydrogens is 489 g/mol. The normalized spacial score (nSPS) is 24.5. The number of carbonyl (C=O) groups excluding carboxylic acids is 2. The Morgan fingerprint density at radius 2 is 1.95 bits per heavy atom. The van der Waals surface area contributed by atoms with Crippen LogP contribution >= 0.6 is 0 Å². The molecule has 1 unspecified atom stereocenters. The van der Waals surface area contributed by atoms with Gasteiger partial charge < -0.3 is 20.5 Å². The molecule has 11 heteroatoms. The van der Waals surface area contributed by atoms with Gasteiger partial charge >= 0.3 is 6.18 Å². The van der Waals surface area contributed by atoms with Crippen LogP contribution in [0.4, 0.5) is 13.2 Å². The van der Waals surface area contributed by atoms with Crippen molar-refractivity contribution < 1.29 is 32.6 Å². The Labute approximate surface area is 213 Å². The second-order valence-corrected chi connectivity index (χ2v) is 9.66. The third kappa shape index (κ3) is 6.58. The van der Waals surface area contributed by atoms with Crippen molar-refractivity contribution in [2.45, 2.75) is 56.0 Å². The number of nitrogens with one attached hydrogen (secondary N) is 2. The van der Waals surface area contributed by atoms with Crippen LogP contribution in [0.15, 0.2) is 42.6 Å². The lowest BCUT2D eigenvalue weighted by atomic mass is 9.78. The number of likely N-dealkylation sites (tertiary alicyclic amines) is 1. The first-order valence-corrected chi connectivity index (χ1v) is 12.3. The van der Waals surface area contributed by atoms with Crippen LogP contribution in [-0.4, -0.2) is 65.6 Å². The molecule has 2 aromatic rings. The van der Waals surface area contributed by atoms with E-state index in [2.05, 4.69) is 20.5 Å². The summed E-state index contributed by atoms with van der Waals surface area (Å²) in [4.78, 5) is 31.1. The first-order chi connectivity index (χ1) is 17.6. The summed E-state index contributed by atoms with van der Waals surface area (Å²) < 4.78 is 43.7. The Bertz CT molecular complexity index is 1100. The lowest BCUT2D eigenvalue weighted by molar-refractivity contribution is -0.137. The maximum Gasteiger partial charge on any atom is 0.416 e. The Morgan fingerprint density at radius 1 is 1.19 bits per heavy atom. The zero-order valence-corrected chi connectivity index (χ0v) is 20.6. The Balaban J connectivity index is 1.21. The second-order valence-electron chi connectivity index (χ2n) is 9.66. The zero-order valence-electron chi connectivity index (χ0n) is 20.6. The molecule has 1 aromatic heterocycles. The standard InChI is InChI=1S/C26H31F3N4O4/c1-37-23-6-5-19(14-30-23)25(36)10-7-21(8-11-25)33-12-9-20(16-33)32-22(34)15-31-24(35)17-3-2-4-18(13-17)26(27,28)29/h2-6,13-14,20-21,36H,7-12,15-16H2,1H3,(H,31,35)(H,32,34). The van der Waals surface area contributed by atoms with E-state index < -0.39 is 29.2 Å². The van der Waals surface area contributed by atoms with Crippen LogP contribution in [-0.2, 0) is 16.6 Å². The maximum atomic E-state index is 12.9. The minimum atomic E-state index is -4.55. The SMILES string of the molecule is COc1ccc(C2(O)CCC(N3CCC(NC(=O)CNC(=O)c4cccc(C(F)(F)F)c4)C3)CC2)cn1. The highest BCUT2D eigenvalue weighted by Gasteiger charge is 2.39. The number of halogens is 3. The predicted octanol–water partition coefficient (Wildman–Crippen LogP) is 2.86. The third-order valence-corrected chi connectivity index (χ3v) is 7.23. The van der Waals surface area contributed by atoms with E-state index in [-0.39, 0.29) is 18.2 Å². The van der Waals surface area contributed by atoms with Gasteiger partial charge in [-0.15, -0.1) is 0 Å². The molecule has 2 heterocycles. The molecule has 2 aliphatic rings. The predicted molar refractivity (Wildman–Crippen MR) is 129 cm³/mol. The largest absolute Gasteiger partial charge is 0.481 e. The lowest BCUT2D eigenvalue weighted by Crippen LogP contribution is -2.45. The van der Waals surface area contributed by atoms with E-state index in [0.717, 1.165) is 49.6 Å². The van der Waals surface area contributed by atoms with Crippen LogP contribution < -0.4 is 15.4 Å². The monoisotopic (exact) mass is 520 g/mol. The number of alkyl halides is 3. The number of nitrogens with zero attached hydrogens (tertiary/aromatic N) is 2. The highest BCUT2D eigenvalue weighted by Crippen LogP contribution is 2.39. The Morgan fingerprint density at radius 3 is 2.59 bits per heavy atom. The first-order valence-electron chi connectivity index (χ1n) is 12.3. The van der Waals surface area contributed by atoms with E-state index in [9.17, 15) is 27.9 Å². The van der Waals surface area contributed by atoms with E-state index in [1.165, 1.54) is 6.07 Å². The molecule has 4 rings (SSSR count). The van der Waals surface area contributed by atoms with E-state index in [1.54, 1.807) is 19.4 Å². The van der Waals surface area contributed by atoms with Gasteiger partial charge in [0.25, 0.3) is 5.91 Å². The van der Waals surface area contributed by atoms with Gasteiger partial charge in [0.05, 0.1) is 24.8 Å². The first kappa shape index (κ1) is 26.9. The fourth-order valence-electron chi connectivity index (χ4n) is 5.13. The molecular formula is C26H31F3N4O4. The molecule has 0 radical (unpaired) electrons. The lowest BCUT2D eigenvalue weighted by Gasteiger charge is -2.39. The molecule has 1 saturated carbocycles. The fourth-order valence-corrected chi connectivity index (χ4v) is 5.13. The van der Waals surface area contributed by atoms with Crippen molar-refractivity contribution in [1.29, 1.82) is 0 Å². The molecule has 2 amide bonds. The number of rotatable bonds is 7. The number of aromatic nitrogens is 1. The average Bonchev–Trinajstić information content (AvgIpc) is 3.35. The fraction of sp³-hybridized carbons (Fsp3) is 0.500. The Kier molecular flexibility index (Phi) is 8.03. The molecule has 0 spiro atoms. The quantitative estimate of drug-likeness (QED) is 0.519. The van der Waals surface area contributed by atoms with Crippen LogP contribution in [0.5, 0.6) is 5.88 Å². The van der Waals surface area contributed by atoms with Crippen molar-refractivity contribution in [1.82, 2.24) is 20.5 Å². The van der Waals surface area contributed by atoms with Crippen molar-refractivity contribution in [2.24, 2.45) is 0 Å². The third-order valence-electron chi connectivity index (χ3n) is 7.23. The van der Waals surface area contributed by atoms with Crippen molar-refractivity contribution in [2.75, 3.05) is 26.7 Å². The molecule has 3 N–H and O–H groups in total. The number of pyridine rings is 1. The highest BCUT2D eigenvalue weighted by atomic mass is 19.4. The number of methoxy groups -OCH3 is 1. The van der Waals surface area contributed by atoms with Gasteiger partial charge in [-0.25, -0.2) is 4.98 Å². The van der Waals surface area contributed by atoms with E-state index in [0.29, 0.717) is 31.3 Å². The minimum Gasteiger partial charge on any atom is -0.481 e. The summed E-state index contributed by atoms with van der Waals surface area (Å²) in [5, 5.41) is 16.4. The molecule has 1 saturated heterocycles. The van der Waals surface area contributed by atoms with Crippen LogP contribution in [0.2, 0.25) is 0 Å². The topological polar surface area (TPSA) is 104 Å². The van der Waals surface area contributed by atoms with Crippen LogP contribution in [0, 0.1) is 0 Å². The summed E-state index contributed by atoms with van der Waals surface area (Å²) in [6, 6.07) is 7.89. The van der Waals surface area contributed by atoms with Gasteiger partial charge in [0, 0.05) is 48.6 Å². The number of carbonyl (C=O) groups is 2. The van der Waals surface area contributed by atoms with E-state index >= 15 is 0 Å². The van der Waals surface area contributed by atoms with Gasteiger partial charge in [0.15, 0.2) is 0 Å². The molecule has 200 valence electrons. The molecule has 1 aromatic carbocycles. The van der Waals surface area contributed by atoms with Gasteiger partial charge in [0.1, 0.15) is 0 Å². The number of aliphatic hydroxyl groups is 1. The number of amides is 2. The molecule has 0 bridgehead atoms. The van der Waals surface area contributed by atoms with Crippen molar-refractivity contribution >= 4 is 11.8 Å². The summed E-state index contributed by atoms with van der Waals surface area (Å²) in [7, 11) is 1.55. The Hall–Kier alpha value is -3.18. The van der Waals surface area contributed by atoms with Gasteiger partial charge in [-0.3, -0.25) is 14.5 Å². The minimum absolute atomic E-state index is 0.0791. The molecule has 1 atom stereocenters. The second kappa shape index (κ2) is 11.1. The highest BCUT2D eigenvalue weighted by molar-refractivity contribution is 5.96. The zero-order chi connectivity index (χ0) is 26.6. The summed E-state index contributed by atoms with van der Waals surface area (Å²) in [5.41, 5.74) is -1.21. The van der Waals surface area contributed by atoms with Crippen LogP contribution in [0.3, 0.4) is 0 Å². The van der Waals surface area contributed by atoms with Gasteiger partial charge in [-0.1, -0.05) is 6.07 Å².